The van der Waals surface area contributed by atoms with Gasteiger partial charge in [0.1, 0.15) is 11.6 Å². The third-order valence-corrected chi connectivity index (χ3v) is 1.81. The van der Waals surface area contributed by atoms with Crippen molar-refractivity contribution in [3.05, 3.63) is 29.6 Å². The Kier molecular flexibility index (Phi) is 4.64. The number of halogens is 5. The van der Waals surface area contributed by atoms with Crippen molar-refractivity contribution in [1.82, 2.24) is 0 Å². The van der Waals surface area contributed by atoms with Crippen LogP contribution in [-0.4, -0.2) is 12.2 Å². The van der Waals surface area contributed by atoms with E-state index in [9.17, 15) is 17.6 Å². The molecule has 17 heavy (non-hydrogen) atoms. The predicted molar refractivity (Wildman–Crippen MR) is 55.3 cm³/mol. The van der Waals surface area contributed by atoms with Crippen LogP contribution in [0.4, 0.5) is 17.6 Å². The fourth-order valence-corrected chi connectivity index (χ4v) is 1.09. The highest BCUT2D eigenvalue weighted by Gasteiger charge is 2.31. The van der Waals surface area contributed by atoms with E-state index in [4.69, 9.17) is 11.6 Å². The summed E-state index contributed by atoms with van der Waals surface area (Å²) in [5.74, 6) is 3.86. The number of rotatable bonds is 2. The number of ether oxygens (including phenoxy) is 1. The van der Waals surface area contributed by atoms with E-state index in [1.54, 1.807) is 0 Å². The summed E-state index contributed by atoms with van der Waals surface area (Å²) >= 11 is 5.36. The van der Waals surface area contributed by atoms with Crippen LogP contribution in [0.3, 0.4) is 0 Å². The Morgan fingerprint density at radius 3 is 2.53 bits per heavy atom. The fraction of sp³-hybridized carbons (Fsp3) is 0.273. The van der Waals surface area contributed by atoms with Crippen LogP contribution >= 0.6 is 11.6 Å². The first kappa shape index (κ1) is 13.7. The quantitative estimate of drug-likeness (QED) is 0.450. The smallest absolute Gasteiger partial charge is 0.406 e. The van der Waals surface area contributed by atoms with E-state index < -0.39 is 17.9 Å². The summed E-state index contributed by atoms with van der Waals surface area (Å²) in [6.45, 7) is 0. The Balaban J connectivity index is 2.84. The first-order valence-corrected chi connectivity index (χ1v) is 5.06. The molecule has 1 rings (SSSR count). The van der Waals surface area contributed by atoms with Gasteiger partial charge >= 0.3 is 6.36 Å². The molecule has 0 aliphatic rings. The normalized spacial score (nSPS) is 10.6. The number of alkyl halides is 4. The molecule has 0 saturated heterocycles. The molecule has 0 fully saturated rings. The summed E-state index contributed by atoms with van der Waals surface area (Å²) in [5, 5.41) is 0. The summed E-state index contributed by atoms with van der Waals surface area (Å²) in [7, 11) is 0. The van der Waals surface area contributed by atoms with Crippen LogP contribution in [0, 0.1) is 17.7 Å². The lowest BCUT2D eigenvalue weighted by Gasteiger charge is -2.08. The minimum absolute atomic E-state index is 0.00430. The summed E-state index contributed by atoms with van der Waals surface area (Å²) in [5.41, 5.74) is 0.00430. The Morgan fingerprint density at radius 2 is 2.00 bits per heavy atom. The van der Waals surface area contributed by atoms with Gasteiger partial charge in [-0.15, -0.1) is 24.8 Å². The molecule has 0 atom stereocenters. The van der Waals surface area contributed by atoms with Gasteiger partial charge in [-0.2, -0.15) is 0 Å². The summed E-state index contributed by atoms with van der Waals surface area (Å²) < 4.78 is 52.3. The van der Waals surface area contributed by atoms with Gasteiger partial charge in [0, 0.05) is 18.4 Å². The van der Waals surface area contributed by atoms with E-state index in [1.807, 2.05) is 0 Å². The molecule has 0 spiro atoms. The minimum atomic E-state index is -4.84. The lowest BCUT2D eigenvalue weighted by atomic mass is 10.2. The maximum absolute atomic E-state index is 13.3. The van der Waals surface area contributed by atoms with Crippen LogP contribution in [0.2, 0.25) is 0 Å². The zero-order valence-electron chi connectivity index (χ0n) is 8.44. The van der Waals surface area contributed by atoms with Gasteiger partial charge in [-0.05, 0) is 12.1 Å². The van der Waals surface area contributed by atoms with E-state index in [0.717, 1.165) is 12.1 Å². The molecule has 0 saturated carbocycles. The second-order valence-electron chi connectivity index (χ2n) is 2.93. The van der Waals surface area contributed by atoms with Gasteiger partial charge < -0.3 is 4.74 Å². The van der Waals surface area contributed by atoms with Crippen molar-refractivity contribution in [2.24, 2.45) is 0 Å². The SMILES string of the molecule is Fc1cc(OC(F)(F)F)ccc1C#CCCCl. The monoisotopic (exact) mass is 266 g/mol. The molecule has 0 heterocycles. The highest BCUT2D eigenvalue weighted by molar-refractivity contribution is 6.18. The standard InChI is InChI=1S/C11H7ClF4O/c12-6-2-1-3-8-4-5-9(7-10(8)13)17-11(14,15)16/h4-5,7H,2,6H2. The molecule has 0 radical (unpaired) electrons. The molecule has 0 aromatic heterocycles. The van der Waals surface area contributed by atoms with E-state index >= 15 is 0 Å². The molecule has 6 heteroatoms. The van der Waals surface area contributed by atoms with Crippen molar-refractivity contribution >= 4 is 11.6 Å². The van der Waals surface area contributed by atoms with Crippen molar-refractivity contribution in [2.45, 2.75) is 12.8 Å². The van der Waals surface area contributed by atoms with Crippen LogP contribution < -0.4 is 4.74 Å². The zero-order chi connectivity index (χ0) is 12.9. The van der Waals surface area contributed by atoms with Crippen LogP contribution in [0.25, 0.3) is 0 Å². The molecule has 1 aromatic rings. The van der Waals surface area contributed by atoms with Crippen LogP contribution in [0.15, 0.2) is 18.2 Å². The number of benzene rings is 1. The van der Waals surface area contributed by atoms with Gasteiger partial charge in [0.05, 0.1) is 5.56 Å². The Morgan fingerprint density at radius 1 is 1.29 bits per heavy atom. The second kappa shape index (κ2) is 5.78. The van der Waals surface area contributed by atoms with Gasteiger partial charge in [0.15, 0.2) is 0 Å². The van der Waals surface area contributed by atoms with Gasteiger partial charge in [0.25, 0.3) is 0 Å². The molecule has 0 N–H and O–H groups in total. The molecule has 1 aromatic carbocycles. The second-order valence-corrected chi connectivity index (χ2v) is 3.31. The minimum Gasteiger partial charge on any atom is -0.406 e. The number of hydrogen-bond acceptors (Lipinski definition) is 1. The maximum atomic E-state index is 13.3. The Hall–Kier alpha value is -1.41. The molecular formula is C11H7ClF4O. The first-order chi connectivity index (χ1) is 7.92. The third kappa shape index (κ3) is 4.96. The number of hydrogen-bond donors (Lipinski definition) is 0. The molecule has 0 amide bonds. The van der Waals surface area contributed by atoms with Crippen LogP contribution in [-0.2, 0) is 0 Å². The van der Waals surface area contributed by atoms with Crippen molar-refractivity contribution in [2.75, 3.05) is 5.88 Å². The first-order valence-electron chi connectivity index (χ1n) is 4.52. The van der Waals surface area contributed by atoms with E-state index in [1.165, 1.54) is 0 Å². The van der Waals surface area contributed by atoms with Crippen molar-refractivity contribution in [3.63, 3.8) is 0 Å². The Labute approximate surface area is 100 Å². The molecule has 0 aliphatic heterocycles. The Bertz CT molecular complexity index is 445. The molecule has 0 aliphatic carbocycles. The van der Waals surface area contributed by atoms with E-state index in [0.29, 0.717) is 18.4 Å². The lowest BCUT2D eigenvalue weighted by molar-refractivity contribution is -0.274. The largest absolute Gasteiger partial charge is 0.573 e. The van der Waals surface area contributed by atoms with E-state index in [-0.39, 0.29) is 5.56 Å². The molecular weight excluding hydrogens is 260 g/mol. The topological polar surface area (TPSA) is 9.23 Å². The van der Waals surface area contributed by atoms with Crippen LogP contribution in [0.5, 0.6) is 5.75 Å². The third-order valence-electron chi connectivity index (χ3n) is 1.62. The predicted octanol–water partition coefficient (Wildman–Crippen LogP) is 3.70. The summed E-state index contributed by atoms with van der Waals surface area (Å²) in [6.07, 6.45) is -4.46. The van der Waals surface area contributed by atoms with Crippen LogP contribution in [0.1, 0.15) is 12.0 Å². The van der Waals surface area contributed by atoms with Gasteiger partial charge in [-0.25, -0.2) is 4.39 Å². The molecule has 0 bridgehead atoms. The molecule has 1 nitrogen and oxygen atoms in total. The van der Waals surface area contributed by atoms with Gasteiger partial charge in [-0.3, -0.25) is 0 Å². The highest BCUT2D eigenvalue weighted by atomic mass is 35.5. The highest BCUT2D eigenvalue weighted by Crippen LogP contribution is 2.24. The van der Waals surface area contributed by atoms with Crippen molar-refractivity contribution in [1.29, 1.82) is 0 Å². The average Bonchev–Trinajstić information content (AvgIpc) is 2.19. The fourth-order valence-electron chi connectivity index (χ4n) is 0.999. The average molecular weight is 267 g/mol. The van der Waals surface area contributed by atoms with Crippen molar-refractivity contribution < 1.29 is 22.3 Å². The molecule has 92 valence electrons. The van der Waals surface area contributed by atoms with Crippen molar-refractivity contribution in [3.8, 4) is 17.6 Å². The zero-order valence-corrected chi connectivity index (χ0v) is 9.20. The summed E-state index contributed by atoms with van der Waals surface area (Å²) in [6, 6.07) is 2.76. The summed E-state index contributed by atoms with van der Waals surface area (Å²) in [4.78, 5) is 0. The van der Waals surface area contributed by atoms with Gasteiger partial charge in [0.2, 0.25) is 0 Å². The van der Waals surface area contributed by atoms with Gasteiger partial charge in [-0.1, -0.05) is 11.8 Å². The maximum Gasteiger partial charge on any atom is 0.573 e. The lowest BCUT2D eigenvalue weighted by Crippen LogP contribution is -2.17. The van der Waals surface area contributed by atoms with E-state index in [2.05, 4.69) is 16.6 Å². The molecule has 0 unspecified atom stereocenters.